The minimum Gasteiger partial charge on any atom is -0.393 e. The number of halogens is 3. The van der Waals surface area contributed by atoms with Crippen molar-refractivity contribution in [1.82, 2.24) is 20.2 Å². The van der Waals surface area contributed by atoms with Crippen LogP contribution in [0, 0.1) is 0 Å². The number of alkyl halides is 3. The molecule has 2 aromatic rings. The standard InChI is InChI=1S/C25H32F3N5O3S/c1-3-14(11-26)30-19-10-17(22(27)28)18(12-29-19)21-20(25(36)33-8-4-5-13(33)2)32-24(37-21)23(35)31-15-6-7-16(34)9-15/h10,12-16,22,34H,3-9,11H2,1-2H3,(H,29,30)(H,31,35)/t13-,14-,15-,16-/m0/s1. The van der Waals surface area contributed by atoms with E-state index in [1.54, 1.807) is 11.8 Å². The molecule has 4 atom stereocenters. The zero-order valence-corrected chi connectivity index (χ0v) is 21.7. The molecule has 1 aliphatic carbocycles. The van der Waals surface area contributed by atoms with Crippen molar-refractivity contribution in [3.05, 3.63) is 28.5 Å². The first-order chi connectivity index (χ1) is 17.7. The second-order valence-electron chi connectivity index (χ2n) is 9.69. The third kappa shape index (κ3) is 6.06. The summed E-state index contributed by atoms with van der Waals surface area (Å²) in [4.78, 5) is 36.8. The first-order valence-electron chi connectivity index (χ1n) is 12.6. The van der Waals surface area contributed by atoms with Gasteiger partial charge < -0.3 is 20.6 Å². The third-order valence-electron chi connectivity index (χ3n) is 7.02. The van der Waals surface area contributed by atoms with E-state index in [4.69, 9.17) is 0 Å². The number of carbonyl (C=O) groups excluding carboxylic acids is 2. The van der Waals surface area contributed by atoms with Crippen LogP contribution in [0.3, 0.4) is 0 Å². The lowest BCUT2D eigenvalue weighted by atomic mass is 10.1. The molecule has 3 heterocycles. The Morgan fingerprint density at radius 3 is 2.68 bits per heavy atom. The molecule has 2 amide bonds. The topological polar surface area (TPSA) is 107 Å². The summed E-state index contributed by atoms with van der Waals surface area (Å²) in [6.07, 6.45) is 1.54. The van der Waals surface area contributed by atoms with Crippen molar-refractivity contribution in [2.45, 2.75) is 83.0 Å². The summed E-state index contributed by atoms with van der Waals surface area (Å²) in [5, 5.41) is 15.4. The molecule has 2 aromatic heterocycles. The van der Waals surface area contributed by atoms with E-state index in [0.29, 0.717) is 32.2 Å². The fourth-order valence-electron chi connectivity index (χ4n) is 4.83. The van der Waals surface area contributed by atoms with Crippen LogP contribution in [0.4, 0.5) is 19.0 Å². The van der Waals surface area contributed by atoms with Gasteiger partial charge in [0, 0.05) is 36.0 Å². The monoisotopic (exact) mass is 539 g/mol. The van der Waals surface area contributed by atoms with E-state index in [-0.39, 0.29) is 44.6 Å². The van der Waals surface area contributed by atoms with Crippen molar-refractivity contribution in [1.29, 1.82) is 0 Å². The Bertz CT molecular complexity index is 1130. The van der Waals surface area contributed by atoms with Crippen molar-refractivity contribution in [2.24, 2.45) is 0 Å². The van der Waals surface area contributed by atoms with Gasteiger partial charge in [0.25, 0.3) is 18.2 Å². The van der Waals surface area contributed by atoms with Gasteiger partial charge >= 0.3 is 0 Å². The average molecular weight is 540 g/mol. The summed E-state index contributed by atoms with van der Waals surface area (Å²) >= 11 is 0.867. The fourth-order valence-corrected chi connectivity index (χ4v) is 5.82. The summed E-state index contributed by atoms with van der Waals surface area (Å²) in [6, 6.07) is 0.332. The normalized spacial score (nSPS) is 22.5. The maximum Gasteiger partial charge on any atom is 0.280 e. The second kappa shape index (κ2) is 11.8. The first-order valence-corrected chi connectivity index (χ1v) is 13.4. The van der Waals surface area contributed by atoms with Crippen molar-refractivity contribution >= 4 is 29.0 Å². The zero-order chi connectivity index (χ0) is 26.7. The molecule has 12 heteroatoms. The van der Waals surface area contributed by atoms with E-state index in [1.807, 2.05) is 6.92 Å². The number of hydrogen-bond donors (Lipinski definition) is 3. The molecule has 0 bridgehead atoms. The van der Waals surface area contributed by atoms with Crippen LogP contribution in [0.1, 0.15) is 84.7 Å². The number of aliphatic hydroxyl groups is 1. The Balaban J connectivity index is 1.73. The Labute approximate surface area is 217 Å². The number of nitrogens with one attached hydrogen (secondary N) is 2. The van der Waals surface area contributed by atoms with Crippen LogP contribution in [0.25, 0.3) is 10.4 Å². The molecule has 3 N–H and O–H groups in total. The van der Waals surface area contributed by atoms with E-state index in [0.717, 1.165) is 30.2 Å². The number of thiazole rings is 1. The Hall–Kier alpha value is -2.73. The van der Waals surface area contributed by atoms with E-state index >= 15 is 0 Å². The molecule has 0 spiro atoms. The number of carbonyl (C=O) groups is 2. The van der Waals surface area contributed by atoms with Crippen molar-refractivity contribution in [3.8, 4) is 10.4 Å². The number of hydrogen-bond acceptors (Lipinski definition) is 7. The summed E-state index contributed by atoms with van der Waals surface area (Å²) in [6.45, 7) is 3.52. The Kier molecular flexibility index (Phi) is 8.68. The van der Waals surface area contributed by atoms with Gasteiger partial charge in [0.1, 0.15) is 18.2 Å². The average Bonchev–Trinajstić information content (AvgIpc) is 3.61. The van der Waals surface area contributed by atoms with Crippen LogP contribution in [-0.2, 0) is 0 Å². The van der Waals surface area contributed by atoms with E-state index in [2.05, 4.69) is 20.6 Å². The number of anilines is 1. The highest BCUT2D eigenvalue weighted by molar-refractivity contribution is 7.17. The van der Waals surface area contributed by atoms with E-state index < -0.39 is 37.1 Å². The van der Waals surface area contributed by atoms with Crippen LogP contribution in [0.5, 0.6) is 0 Å². The summed E-state index contributed by atoms with van der Waals surface area (Å²) < 4.78 is 41.6. The van der Waals surface area contributed by atoms with Gasteiger partial charge in [-0.1, -0.05) is 6.92 Å². The van der Waals surface area contributed by atoms with Gasteiger partial charge in [-0.3, -0.25) is 9.59 Å². The highest BCUT2D eigenvalue weighted by Crippen LogP contribution is 2.39. The van der Waals surface area contributed by atoms with Crippen LogP contribution in [0.15, 0.2) is 12.3 Å². The molecule has 1 aliphatic heterocycles. The van der Waals surface area contributed by atoms with Gasteiger partial charge in [-0.05, 0) is 51.5 Å². The predicted octanol–water partition coefficient (Wildman–Crippen LogP) is 4.57. The molecule has 0 radical (unpaired) electrons. The molecule has 8 nitrogen and oxygen atoms in total. The fraction of sp³-hybridized carbons (Fsp3) is 0.600. The van der Waals surface area contributed by atoms with Gasteiger partial charge in [-0.15, -0.1) is 11.3 Å². The van der Waals surface area contributed by atoms with Crippen LogP contribution < -0.4 is 10.6 Å². The lowest BCUT2D eigenvalue weighted by molar-refractivity contribution is 0.0743. The number of aliphatic hydroxyl groups excluding tert-OH is 1. The van der Waals surface area contributed by atoms with Crippen molar-refractivity contribution in [3.63, 3.8) is 0 Å². The Morgan fingerprint density at radius 1 is 1.30 bits per heavy atom. The number of likely N-dealkylation sites (tertiary alicyclic amines) is 1. The van der Waals surface area contributed by atoms with Crippen LogP contribution >= 0.6 is 11.3 Å². The summed E-state index contributed by atoms with van der Waals surface area (Å²) in [7, 11) is 0. The van der Waals surface area contributed by atoms with Crippen molar-refractivity contribution in [2.75, 3.05) is 18.5 Å². The van der Waals surface area contributed by atoms with Crippen LogP contribution in [-0.4, -0.2) is 69.2 Å². The highest BCUT2D eigenvalue weighted by Gasteiger charge is 2.34. The lowest BCUT2D eigenvalue weighted by Crippen LogP contribution is -2.35. The minimum absolute atomic E-state index is 0.0110. The van der Waals surface area contributed by atoms with Crippen molar-refractivity contribution < 1.29 is 27.9 Å². The lowest BCUT2D eigenvalue weighted by Gasteiger charge is -2.21. The first kappa shape index (κ1) is 27.3. The zero-order valence-electron chi connectivity index (χ0n) is 20.8. The van der Waals surface area contributed by atoms with E-state index in [9.17, 15) is 27.9 Å². The van der Waals surface area contributed by atoms with Gasteiger partial charge in [-0.2, -0.15) is 0 Å². The van der Waals surface area contributed by atoms with Gasteiger partial charge in [0.05, 0.1) is 17.0 Å². The number of aromatic nitrogens is 2. The predicted molar refractivity (Wildman–Crippen MR) is 135 cm³/mol. The quantitative estimate of drug-likeness (QED) is 0.431. The smallest absolute Gasteiger partial charge is 0.280 e. The van der Waals surface area contributed by atoms with Gasteiger partial charge in [0.2, 0.25) is 0 Å². The summed E-state index contributed by atoms with van der Waals surface area (Å²) in [5.41, 5.74) is -0.434. The van der Waals surface area contributed by atoms with Gasteiger partial charge in [-0.25, -0.2) is 23.1 Å². The number of rotatable bonds is 9. The third-order valence-corrected chi connectivity index (χ3v) is 8.11. The van der Waals surface area contributed by atoms with Crippen LogP contribution in [0.2, 0.25) is 0 Å². The summed E-state index contributed by atoms with van der Waals surface area (Å²) in [5.74, 6) is -0.832. The second-order valence-corrected chi connectivity index (χ2v) is 10.7. The maximum atomic E-state index is 14.2. The molecule has 0 unspecified atom stereocenters. The number of amides is 2. The molecule has 2 aliphatic rings. The minimum atomic E-state index is -2.91. The Morgan fingerprint density at radius 2 is 2.08 bits per heavy atom. The molecular weight excluding hydrogens is 507 g/mol. The van der Waals surface area contributed by atoms with Gasteiger partial charge in [0.15, 0.2) is 5.01 Å². The molecular formula is C25H32F3N5O3S. The number of nitrogens with zero attached hydrogens (tertiary/aromatic N) is 3. The highest BCUT2D eigenvalue weighted by atomic mass is 32.1. The molecule has 0 aromatic carbocycles. The molecule has 1 saturated carbocycles. The maximum absolute atomic E-state index is 14.2. The number of pyridine rings is 1. The molecule has 202 valence electrons. The molecule has 2 fully saturated rings. The largest absolute Gasteiger partial charge is 0.393 e. The molecule has 37 heavy (non-hydrogen) atoms. The van der Waals surface area contributed by atoms with E-state index in [1.165, 1.54) is 6.20 Å². The molecule has 4 rings (SSSR count). The SMILES string of the molecule is CC[C@@H](CF)Nc1cc(C(F)F)c(-c2sc(C(=O)N[C@H]3CC[C@H](O)C3)nc2C(=O)N2CCC[C@@H]2C)cn1. The molecule has 1 saturated heterocycles.